The van der Waals surface area contributed by atoms with E-state index < -0.39 is 27.0 Å². The summed E-state index contributed by atoms with van der Waals surface area (Å²) < 4.78 is 15.2. The van der Waals surface area contributed by atoms with Crippen LogP contribution in [-0.4, -0.2) is 59.3 Å². The molecule has 1 saturated heterocycles. The predicted molar refractivity (Wildman–Crippen MR) is 139 cm³/mol. The predicted octanol–water partition coefficient (Wildman–Crippen LogP) is 4.49. The third kappa shape index (κ3) is 3.80. The normalized spacial score (nSPS) is 26.7. The minimum atomic E-state index is -0.749. The van der Waals surface area contributed by atoms with Crippen LogP contribution in [0.3, 0.4) is 0 Å². The Balaban J connectivity index is 1.68. The van der Waals surface area contributed by atoms with Crippen molar-refractivity contribution in [2.75, 3.05) is 26.2 Å². The lowest BCUT2D eigenvalue weighted by Gasteiger charge is -2.41. The van der Waals surface area contributed by atoms with Gasteiger partial charge >= 0.3 is 11.9 Å². The summed E-state index contributed by atoms with van der Waals surface area (Å²) in [6, 6.07) is 16.7. The van der Waals surface area contributed by atoms with Crippen LogP contribution in [0.25, 0.3) is 0 Å². The van der Waals surface area contributed by atoms with Crippen molar-refractivity contribution in [1.29, 1.82) is 0 Å². The van der Waals surface area contributed by atoms with Gasteiger partial charge < -0.3 is 19.1 Å². The van der Waals surface area contributed by atoms with E-state index in [1.807, 2.05) is 59.5 Å². The minimum absolute atomic E-state index is 0.386. The van der Waals surface area contributed by atoms with Crippen molar-refractivity contribution in [3.05, 3.63) is 60.2 Å². The molecule has 2 aromatic rings. The molecule has 2 spiro atoms. The summed E-state index contributed by atoms with van der Waals surface area (Å²) in [5, 5.41) is 0.168. The third-order valence-corrected chi connectivity index (χ3v) is 10.6. The first-order valence-electron chi connectivity index (χ1n) is 11.6. The monoisotopic (exact) mass is 512 g/mol. The Kier molecular flexibility index (Phi) is 6.48. The van der Waals surface area contributed by atoms with Gasteiger partial charge in [0.05, 0.1) is 31.9 Å². The summed E-state index contributed by atoms with van der Waals surface area (Å²) in [4.78, 5) is 33.9. The van der Waals surface area contributed by atoms with E-state index in [1.54, 1.807) is 18.9 Å². The molecule has 2 heterocycles. The standard InChI is InChI=1S/C26H28N2O5S2/c1-31-19-13-11-18(12-14-19)28-20(23(29)32-2)26(35-22(28)24(30)33-3)25(15-7-8-16-25)27-21(34-26)17-9-5-4-6-10-17/h4-6,9-14,20,22H,7-8,15-16H2,1-3H3/t20-,22+,26+/m1/s1. The average molecular weight is 513 g/mol. The van der Waals surface area contributed by atoms with E-state index in [2.05, 4.69) is 0 Å². The van der Waals surface area contributed by atoms with Crippen molar-refractivity contribution in [3.63, 3.8) is 0 Å². The second kappa shape index (κ2) is 9.43. The maximum absolute atomic E-state index is 13.6. The zero-order valence-electron chi connectivity index (χ0n) is 19.9. The lowest BCUT2D eigenvalue weighted by atomic mass is 9.87. The van der Waals surface area contributed by atoms with Crippen molar-refractivity contribution < 1.29 is 23.8 Å². The molecule has 2 fully saturated rings. The number of nitrogens with zero attached hydrogens (tertiary/aromatic N) is 2. The van der Waals surface area contributed by atoms with Crippen LogP contribution in [0.1, 0.15) is 31.2 Å². The number of thioether (sulfide) groups is 2. The van der Waals surface area contributed by atoms with E-state index in [4.69, 9.17) is 19.2 Å². The van der Waals surface area contributed by atoms with Crippen LogP contribution in [0.4, 0.5) is 5.69 Å². The fraction of sp³-hybridized carbons (Fsp3) is 0.423. The van der Waals surface area contributed by atoms with Gasteiger partial charge in [0, 0.05) is 11.3 Å². The van der Waals surface area contributed by atoms with Crippen molar-refractivity contribution in [2.45, 2.75) is 46.7 Å². The first-order valence-corrected chi connectivity index (χ1v) is 13.3. The SMILES string of the molecule is COC(=O)[C@@H]1S[C@@]2(SC(c3ccccc3)=NC23CCCC3)[C@@H](C(=O)OC)N1c1ccc(OC)cc1. The number of benzene rings is 2. The smallest absolute Gasteiger partial charge is 0.339 e. The molecular formula is C26H28N2O5S2. The van der Waals surface area contributed by atoms with Crippen molar-refractivity contribution in [3.8, 4) is 5.75 Å². The van der Waals surface area contributed by atoms with Gasteiger partial charge in [-0.25, -0.2) is 9.59 Å². The molecule has 0 unspecified atom stereocenters. The van der Waals surface area contributed by atoms with Gasteiger partial charge in [-0.2, -0.15) is 0 Å². The summed E-state index contributed by atoms with van der Waals surface area (Å²) >= 11 is 3.08. The molecule has 0 amide bonds. The molecule has 2 aliphatic heterocycles. The van der Waals surface area contributed by atoms with Crippen molar-refractivity contribution in [2.24, 2.45) is 4.99 Å². The molecule has 3 atom stereocenters. The molecule has 0 radical (unpaired) electrons. The lowest BCUT2D eigenvalue weighted by Crippen LogP contribution is -2.58. The number of hydrogen-bond donors (Lipinski definition) is 0. The fourth-order valence-electron chi connectivity index (χ4n) is 5.39. The Morgan fingerprint density at radius 2 is 1.60 bits per heavy atom. The number of carbonyl (C=O) groups excluding carboxylic acids is 2. The molecule has 7 nitrogen and oxygen atoms in total. The zero-order valence-corrected chi connectivity index (χ0v) is 21.6. The van der Waals surface area contributed by atoms with Crippen LogP contribution in [0, 0.1) is 0 Å². The summed E-state index contributed by atoms with van der Waals surface area (Å²) in [7, 11) is 4.39. The van der Waals surface area contributed by atoms with Crippen LogP contribution in [0.5, 0.6) is 5.75 Å². The molecule has 5 rings (SSSR count). The van der Waals surface area contributed by atoms with Crippen LogP contribution in [-0.2, 0) is 19.1 Å². The molecule has 2 aromatic carbocycles. The summed E-state index contributed by atoms with van der Waals surface area (Å²) in [5.74, 6) is -0.0988. The molecule has 0 aromatic heterocycles. The second-order valence-electron chi connectivity index (χ2n) is 8.82. The van der Waals surface area contributed by atoms with Gasteiger partial charge in [0.25, 0.3) is 0 Å². The fourth-order valence-corrected chi connectivity index (χ4v) is 9.30. The first kappa shape index (κ1) is 24.1. The van der Waals surface area contributed by atoms with Crippen LogP contribution in [0.15, 0.2) is 59.6 Å². The number of rotatable bonds is 5. The molecular weight excluding hydrogens is 484 g/mol. The number of ether oxygens (including phenoxy) is 3. The molecule has 0 N–H and O–H groups in total. The second-order valence-corrected chi connectivity index (χ2v) is 11.6. The lowest BCUT2D eigenvalue weighted by molar-refractivity contribution is -0.143. The number of methoxy groups -OCH3 is 3. The number of hydrogen-bond acceptors (Lipinski definition) is 9. The number of carbonyl (C=O) groups is 2. The highest BCUT2D eigenvalue weighted by Gasteiger charge is 2.71. The molecule has 3 aliphatic rings. The van der Waals surface area contributed by atoms with Crippen LogP contribution < -0.4 is 9.64 Å². The van der Waals surface area contributed by atoms with E-state index in [9.17, 15) is 9.59 Å². The summed E-state index contributed by atoms with van der Waals surface area (Å²) in [6.45, 7) is 0. The number of fused-ring (bicyclic) bond motifs is 1. The van der Waals surface area contributed by atoms with Gasteiger partial charge in [-0.15, -0.1) is 11.8 Å². The quantitative estimate of drug-likeness (QED) is 0.543. The first-order chi connectivity index (χ1) is 17.0. The van der Waals surface area contributed by atoms with E-state index >= 15 is 0 Å². The van der Waals surface area contributed by atoms with Gasteiger partial charge in [0.1, 0.15) is 9.83 Å². The highest BCUT2D eigenvalue weighted by atomic mass is 32.2. The largest absolute Gasteiger partial charge is 0.497 e. The minimum Gasteiger partial charge on any atom is -0.497 e. The molecule has 0 bridgehead atoms. The summed E-state index contributed by atoms with van der Waals surface area (Å²) in [5.41, 5.74) is 1.24. The van der Waals surface area contributed by atoms with Crippen molar-refractivity contribution in [1.82, 2.24) is 0 Å². The Morgan fingerprint density at radius 1 is 0.943 bits per heavy atom. The molecule has 35 heavy (non-hydrogen) atoms. The number of esters is 2. The molecule has 9 heteroatoms. The van der Waals surface area contributed by atoms with E-state index in [0.29, 0.717) is 5.75 Å². The molecule has 1 aliphatic carbocycles. The van der Waals surface area contributed by atoms with E-state index in [0.717, 1.165) is 42.0 Å². The maximum Gasteiger partial charge on any atom is 0.339 e. The summed E-state index contributed by atoms with van der Waals surface area (Å²) in [6.07, 6.45) is 3.74. The number of anilines is 1. The highest BCUT2D eigenvalue weighted by Crippen LogP contribution is 2.67. The topological polar surface area (TPSA) is 77.4 Å². The van der Waals surface area contributed by atoms with Crippen LogP contribution in [0.2, 0.25) is 0 Å². The Morgan fingerprint density at radius 3 is 2.20 bits per heavy atom. The Bertz CT molecular complexity index is 1130. The molecule has 1 saturated carbocycles. The van der Waals surface area contributed by atoms with Gasteiger partial charge in [-0.05, 0) is 37.1 Å². The van der Waals surface area contributed by atoms with Gasteiger partial charge in [-0.3, -0.25) is 4.99 Å². The highest BCUT2D eigenvalue weighted by molar-refractivity contribution is 8.27. The average Bonchev–Trinajstić information content (AvgIpc) is 3.61. The van der Waals surface area contributed by atoms with Gasteiger partial charge in [0.2, 0.25) is 0 Å². The van der Waals surface area contributed by atoms with Gasteiger partial charge in [0.15, 0.2) is 11.4 Å². The molecule has 184 valence electrons. The maximum atomic E-state index is 13.6. The van der Waals surface area contributed by atoms with Crippen molar-refractivity contribution >= 4 is 46.2 Å². The van der Waals surface area contributed by atoms with Gasteiger partial charge in [-0.1, -0.05) is 54.9 Å². The number of aliphatic imine (C=N–C) groups is 1. The third-order valence-electron chi connectivity index (χ3n) is 7.04. The van der Waals surface area contributed by atoms with E-state index in [1.165, 1.54) is 26.0 Å². The van der Waals surface area contributed by atoms with E-state index in [-0.39, 0.29) is 5.97 Å². The Labute approximate surface area is 213 Å². The zero-order chi connectivity index (χ0) is 24.6. The Hall–Kier alpha value is -2.65. The van der Waals surface area contributed by atoms with Crippen LogP contribution >= 0.6 is 23.5 Å².